The van der Waals surface area contributed by atoms with Crippen molar-refractivity contribution in [2.75, 3.05) is 26.3 Å². The van der Waals surface area contributed by atoms with Gasteiger partial charge in [-0.05, 0) is 49.1 Å². The maximum Gasteiger partial charge on any atom is 0.222 e. The third-order valence-electron chi connectivity index (χ3n) is 4.63. The fraction of sp³-hybridized carbons (Fsp3) is 0.579. The minimum atomic E-state index is -0.301. The highest BCUT2D eigenvalue weighted by atomic mass is 16.5. The molecule has 0 radical (unpaired) electrons. The van der Waals surface area contributed by atoms with Gasteiger partial charge >= 0.3 is 0 Å². The first-order valence-electron chi connectivity index (χ1n) is 9.42. The molecule has 8 heteroatoms. The number of hydrogen-bond donors (Lipinski definition) is 0. The van der Waals surface area contributed by atoms with Crippen molar-refractivity contribution in [1.82, 2.24) is 25.1 Å². The van der Waals surface area contributed by atoms with Crippen molar-refractivity contribution in [3.8, 4) is 5.75 Å². The van der Waals surface area contributed by atoms with Crippen molar-refractivity contribution in [3.05, 3.63) is 35.2 Å². The van der Waals surface area contributed by atoms with E-state index in [1.165, 1.54) is 10.4 Å². The highest BCUT2D eigenvalue weighted by molar-refractivity contribution is 5.76. The van der Waals surface area contributed by atoms with Gasteiger partial charge in [-0.3, -0.25) is 4.79 Å². The molecule has 0 aliphatic carbocycles. The Morgan fingerprint density at radius 2 is 2.26 bits per heavy atom. The summed E-state index contributed by atoms with van der Waals surface area (Å²) >= 11 is 0. The van der Waals surface area contributed by atoms with E-state index in [-0.39, 0.29) is 12.0 Å². The Morgan fingerprint density at radius 1 is 1.41 bits per heavy atom. The van der Waals surface area contributed by atoms with Gasteiger partial charge in [-0.15, -0.1) is 10.2 Å². The van der Waals surface area contributed by atoms with E-state index in [4.69, 9.17) is 9.47 Å². The lowest BCUT2D eigenvalue weighted by Gasteiger charge is -2.31. The molecule has 8 nitrogen and oxygen atoms in total. The Bertz CT molecular complexity index is 776. The van der Waals surface area contributed by atoms with Crippen LogP contribution in [0.2, 0.25) is 0 Å². The van der Waals surface area contributed by atoms with Gasteiger partial charge < -0.3 is 14.4 Å². The molecule has 0 spiro atoms. The number of aryl methyl sites for hydroxylation is 3. The number of morpholine rings is 1. The minimum Gasteiger partial charge on any atom is -0.494 e. The molecule has 27 heavy (non-hydrogen) atoms. The van der Waals surface area contributed by atoms with Gasteiger partial charge in [0.2, 0.25) is 11.7 Å². The van der Waals surface area contributed by atoms with Crippen LogP contribution in [0.4, 0.5) is 0 Å². The molecule has 1 fully saturated rings. The molecular weight excluding hydrogens is 346 g/mol. The number of hydrogen-bond acceptors (Lipinski definition) is 6. The number of benzene rings is 1. The van der Waals surface area contributed by atoms with Gasteiger partial charge in [0.1, 0.15) is 11.9 Å². The summed E-state index contributed by atoms with van der Waals surface area (Å²) < 4.78 is 11.3. The van der Waals surface area contributed by atoms with E-state index in [1.54, 1.807) is 7.05 Å². The van der Waals surface area contributed by atoms with Crippen molar-refractivity contribution < 1.29 is 14.3 Å². The van der Waals surface area contributed by atoms with Crippen molar-refractivity contribution in [3.63, 3.8) is 0 Å². The van der Waals surface area contributed by atoms with E-state index >= 15 is 0 Å². The zero-order valence-corrected chi connectivity index (χ0v) is 16.2. The molecule has 1 amide bonds. The normalized spacial score (nSPS) is 17.1. The Kier molecular flexibility index (Phi) is 6.39. The molecule has 1 aliphatic heterocycles. The van der Waals surface area contributed by atoms with Gasteiger partial charge in [-0.1, -0.05) is 12.1 Å². The Morgan fingerprint density at radius 3 is 2.96 bits per heavy atom. The maximum absolute atomic E-state index is 12.6. The maximum atomic E-state index is 12.6. The quantitative estimate of drug-likeness (QED) is 0.737. The second-order valence-electron chi connectivity index (χ2n) is 6.72. The second kappa shape index (κ2) is 8.94. The van der Waals surface area contributed by atoms with Crippen molar-refractivity contribution in [2.24, 2.45) is 7.05 Å². The predicted molar refractivity (Wildman–Crippen MR) is 99.4 cm³/mol. The van der Waals surface area contributed by atoms with Crippen molar-refractivity contribution >= 4 is 5.91 Å². The SMILES string of the molecule is CCOc1ccc(CCCC(=O)N2CCOC(c3nnn(C)n3)C2)cc1C. The number of carbonyl (C=O) groups excluding carboxylic acids is 1. The van der Waals surface area contributed by atoms with Gasteiger partial charge in [0.15, 0.2) is 0 Å². The monoisotopic (exact) mass is 373 g/mol. The molecule has 1 saturated heterocycles. The van der Waals surface area contributed by atoms with E-state index in [1.807, 2.05) is 24.8 Å². The molecule has 2 heterocycles. The van der Waals surface area contributed by atoms with Gasteiger partial charge in [0.05, 0.1) is 26.8 Å². The van der Waals surface area contributed by atoms with Crippen LogP contribution < -0.4 is 4.74 Å². The summed E-state index contributed by atoms with van der Waals surface area (Å²) in [5, 5.41) is 12.0. The van der Waals surface area contributed by atoms with Gasteiger partial charge in [-0.2, -0.15) is 4.80 Å². The van der Waals surface area contributed by atoms with Crippen LogP contribution in [-0.4, -0.2) is 57.3 Å². The minimum absolute atomic E-state index is 0.148. The molecule has 0 bridgehead atoms. The lowest BCUT2D eigenvalue weighted by molar-refractivity contribution is -0.139. The number of ether oxygens (including phenoxy) is 2. The van der Waals surface area contributed by atoms with E-state index in [9.17, 15) is 4.79 Å². The predicted octanol–water partition coefficient (Wildman–Crippen LogP) is 1.84. The van der Waals surface area contributed by atoms with E-state index in [0.717, 1.165) is 24.2 Å². The van der Waals surface area contributed by atoms with E-state index in [2.05, 4.69) is 27.5 Å². The molecular formula is C19H27N5O3. The number of carbonyl (C=O) groups is 1. The average molecular weight is 373 g/mol. The lowest BCUT2D eigenvalue weighted by atomic mass is 10.0. The van der Waals surface area contributed by atoms with Crippen LogP contribution in [0.25, 0.3) is 0 Å². The molecule has 2 aromatic rings. The Balaban J connectivity index is 1.48. The van der Waals surface area contributed by atoms with Gasteiger partial charge in [0.25, 0.3) is 0 Å². The first kappa shape index (κ1) is 19.3. The first-order valence-corrected chi connectivity index (χ1v) is 9.42. The number of amides is 1. The molecule has 1 unspecified atom stereocenters. The van der Waals surface area contributed by atoms with Crippen LogP contribution in [0.5, 0.6) is 5.75 Å². The fourth-order valence-corrected chi connectivity index (χ4v) is 3.25. The first-order chi connectivity index (χ1) is 13.1. The number of rotatable bonds is 7. The number of nitrogens with zero attached hydrogens (tertiary/aromatic N) is 5. The largest absolute Gasteiger partial charge is 0.494 e. The summed E-state index contributed by atoms with van der Waals surface area (Å²) in [5.41, 5.74) is 2.36. The van der Waals surface area contributed by atoms with Crippen molar-refractivity contribution in [2.45, 2.75) is 39.2 Å². The summed E-state index contributed by atoms with van der Waals surface area (Å²) in [6.07, 6.45) is 1.91. The molecule has 146 valence electrons. The van der Waals surface area contributed by atoms with Gasteiger partial charge in [-0.25, -0.2) is 0 Å². The van der Waals surface area contributed by atoms with E-state index in [0.29, 0.717) is 38.5 Å². The summed E-state index contributed by atoms with van der Waals surface area (Å²) in [6, 6.07) is 6.23. The van der Waals surface area contributed by atoms with Crippen molar-refractivity contribution in [1.29, 1.82) is 0 Å². The van der Waals surface area contributed by atoms with Crippen LogP contribution in [0.3, 0.4) is 0 Å². The molecule has 3 rings (SSSR count). The molecule has 1 atom stereocenters. The third kappa shape index (κ3) is 5.03. The molecule has 1 aromatic carbocycles. The van der Waals surface area contributed by atoms with Crippen LogP contribution >= 0.6 is 0 Å². The standard InChI is InChI=1S/C19H27N5O3/c1-4-26-16-9-8-15(12-14(16)2)6-5-7-18(25)24-10-11-27-17(13-24)19-20-22-23(3)21-19/h8-9,12,17H,4-7,10-11,13H2,1-3H3. The highest BCUT2D eigenvalue weighted by Gasteiger charge is 2.28. The molecule has 0 saturated carbocycles. The summed E-state index contributed by atoms with van der Waals surface area (Å²) in [7, 11) is 1.71. The highest BCUT2D eigenvalue weighted by Crippen LogP contribution is 2.21. The Hall–Kier alpha value is -2.48. The number of tetrazole rings is 1. The third-order valence-corrected chi connectivity index (χ3v) is 4.63. The average Bonchev–Trinajstić information content (AvgIpc) is 3.10. The van der Waals surface area contributed by atoms with E-state index < -0.39 is 0 Å². The summed E-state index contributed by atoms with van der Waals surface area (Å²) in [5.74, 6) is 1.60. The fourth-order valence-electron chi connectivity index (χ4n) is 3.25. The van der Waals surface area contributed by atoms with Gasteiger partial charge in [0, 0.05) is 13.0 Å². The topological polar surface area (TPSA) is 82.4 Å². The van der Waals surface area contributed by atoms with Crippen LogP contribution in [0.1, 0.15) is 42.8 Å². The lowest BCUT2D eigenvalue weighted by Crippen LogP contribution is -2.42. The zero-order valence-electron chi connectivity index (χ0n) is 16.2. The molecule has 1 aliphatic rings. The number of aromatic nitrogens is 4. The zero-order chi connectivity index (χ0) is 19.2. The van der Waals surface area contributed by atoms with Crippen LogP contribution in [-0.2, 0) is 23.0 Å². The summed E-state index contributed by atoms with van der Waals surface area (Å²) in [4.78, 5) is 15.8. The second-order valence-corrected chi connectivity index (χ2v) is 6.72. The molecule has 0 N–H and O–H groups in total. The molecule has 1 aromatic heterocycles. The van der Waals surface area contributed by atoms with Crippen LogP contribution in [0.15, 0.2) is 18.2 Å². The Labute approximate surface area is 159 Å². The smallest absolute Gasteiger partial charge is 0.222 e. The van der Waals surface area contributed by atoms with Crippen LogP contribution in [0, 0.1) is 6.92 Å². The summed E-state index contributed by atoms with van der Waals surface area (Å²) in [6.45, 7) is 6.28.